The van der Waals surface area contributed by atoms with E-state index in [9.17, 15) is 14.4 Å². The molecule has 0 saturated carbocycles. The van der Waals surface area contributed by atoms with Gasteiger partial charge in [0.15, 0.2) is 0 Å². The SMILES string of the molecule is O=C1CCC(N2CC(c3ccccc3)OC2=O)C(=O)N1. The fourth-order valence-corrected chi connectivity index (χ4v) is 2.55. The Kier molecular flexibility index (Phi) is 3.14. The van der Waals surface area contributed by atoms with Crippen molar-refractivity contribution < 1.29 is 19.1 Å². The molecule has 3 rings (SSSR count). The van der Waals surface area contributed by atoms with E-state index in [0.717, 1.165) is 5.56 Å². The van der Waals surface area contributed by atoms with Crippen LogP contribution in [0.3, 0.4) is 0 Å². The summed E-state index contributed by atoms with van der Waals surface area (Å²) in [4.78, 5) is 36.3. The molecule has 104 valence electrons. The van der Waals surface area contributed by atoms with E-state index < -0.39 is 18.0 Å². The highest BCUT2D eigenvalue weighted by atomic mass is 16.6. The molecule has 1 aromatic rings. The van der Waals surface area contributed by atoms with Crippen molar-refractivity contribution in [2.75, 3.05) is 6.54 Å². The number of nitrogens with zero attached hydrogens (tertiary/aromatic N) is 1. The molecule has 0 aromatic heterocycles. The molecule has 6 nitrogen and oxygen atoms in total. The average molecular weight is 274 g/mol. The minimum atomic E-state index is -0.617. The number of carbonyl (C=O) groups excluding carboxylic acids is 3. The maximum Gasteiger partial charge on any atom is 0.411 e. The number of imide groups is 1. The Morgan fingerprint density at radius 1 is 1.15 bits per heavy atom. The van der Waals surface area contributed by atoms with Crippen molar-refractivity contribution in [3.8, 4) is 0 Å². The topological polar surface area (TPSA) is 75.7 Å². The molecule has 0 aliphatic carbocycles. The molecule has 2 fully saturated rings. The van der Waals surface area contributed by atoms with Gasteiger partial charge in [-0.25, -0.2) is 4.79 Å². The van der Waals surface area contributed by atoms with Crippen molar-refractivity contribution in [3.05, 3.63) is 35.9 Å². The Balaban J connectivity index is 1.74. The molecule has 0 spiro atoms. The average Bonchev–Trinajstić information content (AvgIpc) is 2.82. The standard InChI is InChI=1S/C14H14N2O4/c17-12-7-6-10(13(18)15-12)16-8-11(20-14(16)19)9-4-2-1-3-5-9/h1-5,10-11H,6-8H2,(H,15,17,18). The Labute approximate surface area is 115 Å². The number of nitrogens with one attached hydrogen (secondary N) is 1. The van der Waals surface area contributed by atoms with Crippen LogP contribution in [0.4, 0.5) is 4.79 Å². The van der Waals surface area contributed by atoms with E-state index in [0.29, 0.717) is 13.0 Å². The van der Waals surface area contributed by atoms with Gasteiger partial charge in [-0.2, -0.15) is 0 Å². The third kappa shape index (κ3) is 2.24. The molecule has 1 aromatic carbocycles. The molecule has 6 heteroatoms. The van der Waals surface area contributed by atoms with Gasteiger partial charge in [0.1, 0.15) is 12.1 Å². The first kappa shape index (κ1) is 12.7. The van der Waals surface area contributed by atoms with Crippen LogP contribution in [0.1, 0.15) is 24.5 Å². The highest BCUT2D eigenvalue weighted by Gasteiger charge is 2.41. The van der Waals surface area contributed by atoms with Crippen LogP contribution in [0, 0.1) is 0 Å². The van der Waals surface area contributed by atoms with Crippen molar-refractivity contribution in [1.82, 2.24) is 10.2 Å². The minimum Gasteiger partial charge on any atom is -0.439 e. The van der Waals surface area contributed by atoms with E-state index in [2.05, 4.69) is 5.32 Å². The molecule has 1 N–H and O–H groups in total. The van der Waals surface area contributed by atoms with Gasteiger partial charge >= 0.3 is 6.09 Å². The monoisotopic (exact) mass is 274 g/mol. The van der Waals surface area contributed by atoms with Gasteiger partial charge in [0.05, 0.1) is 6.54 Å². The minimum absolute atomic E-state index is 0.246. The predicted octanol–water partition coefficient (Wildman–Crippen LogP) is 0.985. The van der Waals surface area contributed by atoms with Crippen LogP contribution in [0.2, 0.25) is 0 Å². The summed E-state index contributed by atoms with van der Waals surface area (Å²) in [5, 5.41) is 2.25. The second-order valence-corrected chi connectivity index (χ2v) is 4.90. The van der Waals surface area contributed by atoms with E-state index >= 15 is 0 Å². The van der Waals surface area contributed by atoms with Gasteiger partial charge in [0, 0.05) is 6.42 Å². The first-order chi connectivity index (χ1) is 9.65. The molecule has 0 bridgehead atoms. The van der Waals surface area contributed by atoms with Gasteiger partial charge < -0.3 is 4.74 Å². The third-order valence-corrected chi connectivity index (χ3v) is 3.60. The normalized spacial score (nSPS) is 26.4. The summed E-state index contributed by atoms with van der Waals surface area (Å²) in [5.41, 5.74) is 0.899. The molecular weight excluding hydrogens is 260 g/mol. The molecule has 2 saturated heterocycles. The number of carbonyl (C=O) groups is 3. The number of hydrogen-bond donors (Lipinski definition) is 1. The summed E-state index contributed by atoms with van der Waals surface area (Å²) in [5.74, 6) is -0.717. The van der Waals surface area contributed by atoms with Crippen LogP contribution < -0.4 is 5.32 Å². The lowest BCUT2D eigenvalue weighted by atomic mass is 10.0. The highest BCUT2D eigenvalue weighted by molar-refractivity contribution is 6.01. The van der Waals surface area contributed by atoms with Gasteiger partial charge in [-0.05, 0) is 12.0 Å². The van der Waals surface area contributed by atoms with E-state index in [-0.39, 0.29) is 18.4 Å². The van der Waals surface area contributed by atoms with Gasteiger partial charge in [0.25, 0.3) is 0 Å². The molecule has 2 atom stereocenters. The zero-order valence-electron chi connectivity index (χ0n) is 10.7. The van der Waals surface area contributed by atoms with E-state index in [1.54, 1.807) is 0 Å². The van der Waals surface area contributed by atoms with Gasteiger partial charge in [-0.1, -0.05) is 30.3 Å². The Hall–Kier alpha value is -2.37. The fourth-order valence-electron chi connectivity index (χ4n) is 2.55. The largest absolute Gasteiger partial charge is 0.439 e. The zero-order valence-corrected chi connectivity index (χ0v) is 10.7. The highest BCUT2D eigenvalue weighted by Crippen LogP contribution is 2.29. The number of cyclic esters (lactones) is 1. The van der Waals surface area contributed by atoms with Crippen LogP contribution in [-0.4, -0.2) is 35.4 Å². The summed E-state index contributed by atoms with van der Waals surface area (Å²) in [6, 6.07) is 8.78. The van der Waals surface area contributed by atoms with Crippen LogP contribution in [0.15, 0.2) is 30.3 Å². The molecule has 2 unspecified atom stereocenters. The summed E-state index contributed by atoms with van der Waals surface area (Å²) >= 11 is 0. The summed E-state index contributed by atoms with van der Waals surface area (Å²) in [6.45, 7) is 0.328. The van der Waals surface area contributed by atoms with Crippen LogP contribution in [0.5, 0.6) is 0 Å². The van der Waals surface area contributed by atoms with Gasteiger partial charge in [-0.15, -0.1) is 0 Å². The van der Waals surface area contributed by atoms with E-state index in [4.69, 9.17) is 4.74 Å². The van der Waals surface area contributed by atoms with E-state index in [1.165, 1.54) is 4.90 Å². The number of ether oxygens (including phenoxy) is 1. The maximum absolute atomic E-state index is 11.9. The Morgan fingerprint density at radius 2 is 1.90 bits per heavy atom. The lowest BCUT2D eigenvalue weighted by Gasteiger charge is -2.27. The van der Waals surface area contributed by atoms with Crippen molar-refractivity contribution in [2.24, 2.45) is 0 Å². The van der Waals surface area contributed by atoms with Gasteiger partial charge in [-0.3, -0.25) is 19.8 Å². The smallest absolute Gasteiger partial charge is 0.411 e. The van der Waals surface area contributed by atoms with Crippen molar-refractivity contribution in [3.63, 3.8) is 0 Å². The third-order valence-electron chi connectivity index (χ3n) is 3.60. The number of piperidine rings is 1. The van der Waals surface area contributed by atoms with Crippen molar-refractivity contribution in [1.29, 1.82) is 0 Å². The maximum atomic E-state index is 11.9. The van der Waals surface area contributed by atoms with E-state index in [1.807, 2.05) is 30.3 Å². The van der Waals surface area contributed by atoms with Crippen molar-refractivity contribution >= 4 is 17.9 Å². The second kappa shape index (κ2) is 4.96. The molecule has 2 aliphatic heterocycles. The Morgan fingerprint density at radius 3 is 2.60 bits per heavy atom. The second-order valence-electron chi connectivity index (χ2n) is 4.90. The molecule has 0 radical (unpaired) electrons. The molecule has 2 heterocycles. The predicted molar refractivity (Wildman–Crippen MR) is 68.5 cm³/mol. The van der Waals surface area contributed by atoms with Crippen LogP contribution in [-0.2, 0) is 14.3 Å². The quantitative estimate of drug-likeness (QED) is 0.816. The van der Waals surface area contributed by atoms with Crippen LogP contribution in [0.25, 0.3) is 0 Å². The summed E-state index contributed by atoms with van der Waals surface area (Å²) < 4.78 is 5.31. The summed E-state index contributed by atoms with van der Waals surface area (Å²) in [6.07, 6.45) is -0.278. The molecule has 3 amide bonds. The first-order valence-corrected chi connectivity index (χ1v) is 6.51. The number of hydrogen-bond acceptors (Lipinski definition) is 4. The zero-order chi connectivity index (χ0) is 14.1. The molecular formula is C14H14N2O4. The summed E-state index contributed by atoms with van der Waals surface area (Å²) in [7, 11) is 0. The van der Waals surface area contributed by atoms with Gasteiger partial charge in [0.2, 0.25) is 11.8 Å². The number of amides is 3. The first-order valence-electron chi connectivity index (χ1n) is 6.51. The lowest BCUT2D eigenvalue weighted by molar-refractivity contribution is -0.136. The fraction of sp³-hybridized carbons (Fsp3) is 0.357. The molecule has 2 aliphatic rings. The van der Waals surface area contributed by atoms with Crippen molar-refractivity contribution in [2.45, 2.75) is 25.0 Å². The number of rotatable bonds is 2. The number of benzene rings is 1. The Bertz CT molecular complexity index is 558. The van der Waals surface area contributed by atoms with Crippen LogP contribution >= 0.6 is 0 Å². The molecule has 20 heavy (non-hydrogen) atoms. The lowest BCUT2D eigenvalue weighted by Crippen LogP contribution is -2.52.